The number of halogens is 2. The number of aromatic nitrogens is 2. The first kappa shape index (κ1) is 27.9. The maximum Gasteiger partial charge on any atom is 0.227 e. The van der Waals surface area contributed by atoms with Crippen molar-refractivity contribution in [3.8, 4) is 11.5 Å². The molecule has 0 bridgehead atoms. The molecule has 3 N–H and O–H groups in total. The fourth-order valence-corrected chi connectivity index (χ4v) is 3.87. The number of benzene rings is 2. The van der Waals surface area contributed by atoms with Gasteiger partial charge in [0.05, 0.1) is 50.0 Å². The van der Waals surface area contributed by atoms with Crippen LogP contribution < -0.4 is 20.5 Å². The second kappa shape index (κ2) is 13.6. The van der Waals surface area contributed by atoms with Gasteiger partial charge in [-0.1, -0.05) is 43.7 Å². The van der Waals surface area contributed by atoms with Crippen LogP contribution in [-0.4, -0.2) is 42.5 Å². The normalized spacial score (nSPS) is 17.8. The molecule has 1 saturated heterocycles. The lowest BCUT2D eigenvalue weighted by Gasteiger charge is -2.27. The maximum absolute atomic E-state index is 14.8. The number of anilines is 1. The molecule has 1 aromatic heterocycles. The van der Waals surface area contributed by atoms with Crippen LogP contribution in [-0.2, 0) is 22.5 Å². The molecule has 1 fully saturated rings. The van der Waals surface area contributed by atoms with Crippen LogP contribution >= 0.6 is 0 Å². The summed E-state index contributed by atoms with van der Waals surface area (Å²) >= 11 is 0. The Labute approximate surface area is 225 Å². The van der Waals surface area contributed by atoms with E-state index in [2.05, 4.69) is 20.3 Å². The highest BCUT2D eigenvalue weighted by Crippen LogP contribution is 2.28. The van der Waals surface area contributed by atoms with Gasteiger partial charge in [0.1, 0.15) is 12.4 Å². The Morgan fingerprint density at radius 2 is 1.87 bits per heavy atom. The minimum absolute atomic E-state index is 0.0284. The molecule has 0 aliphatic carbocycles. The minimum Gasteiger partial charge on any atom is -0.494 e. The lowest BCUT2D eigenvalue weighted by Crippen LogP contribution is -2.30. The summed E-state index contributed by atoms with van der Waals surface area (Å²) in [4.78, 5) is 12.8. The molecule has 2 heterocycles. The number of rotatable bonds is 11. The highest BCUT2D eigenvalue weighted by Gasteiger charge is 2.23. The molecule has 2 aromatic carbocycles. The monoisotopic (exact) mass is 539 g/mol. The molecule has 9 nitrogen and oxygen atoms in total. The fraction of sp³-hybridized carbons (Fsp3) is 0.321. The summed E-state index contributed by atoms with van der Waals surface area (Å²) in [6.07, 6.45) is 6.40. The predicted octanol–water partition coefficient (Wildman–Crippen LogP) is 4.69. The molecule has 0 atom stereocenters. The summed E-state index contributed by atoms with van der Waals surface area (Å²) in [5.74, 6) is -1.00. The zero-order chi connectivity index (χ0) is 27.6. The van der Waals surface area contributed by atoms with Crippen LogP contribution in [0.1, 0.15) is 36.3 Å². The average molecular weight is 540 g/mol. The van der Waals surface area contributed by atoms with Crippen molar-refractivity contribution < 1.29 is 27.7 Å². The maximum atomic E-state index is 14.8. The molecule has 0 radical (unpaired) electrons. The van der Waals surface area contributed by atoms with E-state index >= 15 is 0 Å². The third-order valence-electron chi connectivity index (χ3n) is 5.90. The van der Waals surface area contributed by atoms with Gasteiger partial charge in [-0.15, -0.1) is 0 Å². The van der Waals surface area contributed by atoms with Crippen molar-refractivity contribution in [2.75, 3.05) is 25.6 Å². The molecule has 1 aliphatic rings. The van der Waals surface area contributed by atoms with Gasteiger partial charge in [-0.05, 0) is 18.1 Å². The van der Waals surface area contributed by atoms with Gasteiger partial charge in [0, 0.05) is 18.0 Å². The molecular weight excluding hydrogens is 508 g/mol. The van der Waals surface area contributed by atoms with Crippen LogP contribution in [0.3, 0.4) is 0 Å². The Hall–Kier alpha value is -4.09. The first-order valence-corrected chi connectivity index (χ1v) is 12.5. The topological polar surface area (TPSA) is 113 Å². The number of aryl methyl sites for hydroxylation is 1. The number of aliphatic imine (C=N–C) groups is 1. The van der Waals surface area contributed by atoms with Gasteiger partial charge in [0.2, 0.25) is 5.95 Å². The summed E-state index contributed by atoms with van der Waals surface area (Å²) < 4.78 is 51.7. The third-order valence-corrected chi connectivity index (χ3v) is 5.90. The summed E-state index contributed by atoms with van der Waals surface area (Å²) in [7, 11) is 1.34. The van der Waals surface area contributed by atoms with Gasteiger partial charge in [0.15, 0.2) is 23.6 Å². The zero-order valence-electron chi connectivity index (χ0n) is 21.8. The Bertz CT molecular complexity index is 1280. The average Bonchev–Trinajstić information content (AvgIpc) is 2.98. The molecule has 3 aromatic rings. The number of nitrogens with zero attached hydrogens (tertiary/aromatic N) is 3. The Balaban J connectivity index is 1.31. The molecule has 39 heavy (non-hydrogen) atoms. The van der Waals surface area contributed by atoms with Crippen molar-refractivity contribution in [1.29, 1.82) is 0 Å². The Morgan fingerprint density at radius 3 is 2.51 bits per heavy atom. The van der Waals surface area contributed by atoms with E-state index in [0.717, 1.165) is 5.56 Å². The highest BCUT2D eigenvalue weighted by molar-refractivity contribution is 5.82. The van der Waals surface area contributed by atoms with Crippen LogP contribution in [0.15, 0.2) is 65.7 Å². The number of hydrogen-bond donors (Lipinski definition) is 2. The lowest BCUT2D eigenvalue weighted by atomic mass is 10.0. The summed E-state index contributed by atoms with van der Waals surface area (Å²) in [5.41, 5.74) is 7.29. The van der Waals surface area contributed by atoms with Crippen molar-refractivity contribution in [2.24, 2.45) is 10.7 Å². The molecule has 0 saturated carbocycles. The van der Waals surface area contributed by atoms with Crippen LogP contribution in [0, 0.1) is 11.6 Å². The molecule has 0 amide bonds. The number of hydrogen-bond acceptors (Lipinski definition) is 9. The predicted molar refractivity (Wildman–Crippen MR) is 143 cm³/mol. The number of methoxy groups -OCH3 is 1. The fourth-order valence-electron chi connectivity index (χ4n) is 3.87. The van der Waals surface area contributed by atoms with Crippen LogP contribution in [0.25, 0.3) is 0 Å². The van der Waals surface area contributed by atoms with Gasteiger partial charge in [0.25, 0.3) is 0 Å². The summed E-state index contributed by atoms with van der Waals surface area (Å²) in [5, 5.41) is 2.95. The van der Waals surface area contributed by atoms with Gasteiger partial charge >= 0.3 is 0 Å². The van der Waals surface area contributed by atoms with E-state index in [-0.39, 0.29) is 35.7 Å². The smallest absolute Gasteiger partial charge is 0.227 e. The van der Waals surface area contributed by atoms with E-state index in [1.54, 1.807) is 6.21 Å². The molecule has 206 valence electrons. The lowest BCUT2D eigenvalue weighted by molar-refractivity contribution is -0.189. The van der Waals surface area contributed by atoms with Crippen LogP contribution in [0.2, 0.25) is 0 Å². The number of nitrogens with one attached hydrogen (secondary N) is 1. The van der Waals surface area contributed by atoms with Crippen molar-refractivity contribution in [1.82, 2.24) is 9.97 Å². The van der Waals surface area contributed by atoms with Crippen molar-refractivity contribution in [2.45, 2.75) is 38.7 Å². The van der Waals surface area contributed by atoms with E-state index in [1.807, 2.05) is 37.3 Å². The Kier molecular flexibility index (Phi) is 9.76. The third kappa shape index (κ3) is 7.27. The summed E-state index contributed by atoms with van der Waals surface area (Å²) in [6.45, 7) is 2.35. The van der Waals surface area contributed by atoms with Gasteiger partial charge in [-0.2, -0.15) is 0 Å². The van der Waals surface area contributed by atoms with Crippen LogP contribution in [0.4, 0.5) is 14.7 Å². The zero-order valence-corrected chi connectivity index (χ0v) is 21.8. The second-order valence-corrected chi connectivity index (χ2v) is 8.71. The summed E-state index contributed by atoms with van der Waals surface area (Å²) in [6, 6.07) is 10.9. The van der Waals surface area contributed by atoms with Crippen molar-refractivity contribution in [3.63, 3.8) is 0 Å². The molecule has 0 unspecified atom stereocenters. The second-order valence-electron chi connectivity index (χ2n) is 8.71. The largest absolute Gasteiger partial charge is 0.494 e. The Morgan fingerprint density at radius 1 is 1.15 bits per heavy atom. The molecule has 1 aliphatic heterocycles. The van der Waals surface area contributed by atoms with E-state index in [9.17, 15) is 8.78 Å². The number of ether oxygens (including phenoxy) is 4. The molecular formula is C28H31F2N5O4. The van der Waals surface area contributed by atoms with E-state index < -0.39 is 17.9 Å². The van der Waals surface area contributed by atoms with Crippen molar-refractivity contribution in [3.05, 3.63) is 89.0 Å². The molecule has 0 spiro atoms. The van der Waals surface area contributed by atoms with E-state index in [1.165, 1.54) is 31.8 Å². The number of allylic oxidation sites excluding steroid dienone is 1. The molecule has 11 heteroatoms. The first-order chi connectivity index (χ1) is 19.0. The highest BCUT2D eigenvalue weighted by atomic mass is 19.1. The quantitative estimate of drug-likeness (QED) is 0.338. The number of nitrogens with two attached hydrogens (primary N) is 1. The SMILES string of the molecule is CCCc1cc(OC)c(F)c(COc2cnc(N/C(C=NC3COC(c4ccccc4)OC3)=C/N)nc2)c1F. The van der Waals surface area contributed by atoms with E-state index in [4.69, 9.17) is 24.7 Å². The van der Waals surface area contributed by atoms with Gasteiger partial charge < -0.3 is 30.0 Å². The minimum atomic E-state index is -0.796. The molecule has 4 rings (SSSR count). The van der Waals surface area contributed by atoms with Crippen LogP contribution in [0.5, 0.6) is 11.5 Å². The van der Waals surface area contributed by atoms with Gasteiger partial charge in [-0.25, -0.2) is 18.7 Å². The standard InChI is InChI=1S/C28H31F2N5O4/c1-3-7-19-10-24(36-2)26(30)23(25(19)29)17-37-22-13-33-28(34-14-22)35-20(11-31)12-32-21-15-38-27(39-16-21)18-8-5-4-6-9-18/h4-6,8-14,21,27H,3,7,15-17,31H2,1-2H3,(H,33,34,35)/b20-11+,32-12?. The first-order valence-electron chi connectivity index (χ1n) is 12.5. The van der Waals surface area contributed by atoms with Crippen molar-refractivity contribution >= 4 is 12.2 Å². The van der Waals surface area contributed by atoms with E-state index in [0.29, 0.717) is 37.3 Å². The van der Waals surface area contributed by atoms with Gasteiger partial charge in [-0.3, -0.25) is 4.99 Å².